The molecule has 2 aromatic rings. The first-order valence-corrected chi connectivity index (χ1v) is 10.4. The molecule has 0 radical (unpaired) electrons. The van der Waals surface area contributed by atoms with E-state index in [0.29, 0.717) is 21.8 Å². The Morgan fingerprint density at radius 3 is 2.03 bits per heavy atom. The highest BCUT2D eigenvalue weighted by atomic mass is 35.5. The molecule has 0 spiro atoms. The van der Waals surface area contributed by atoms with Crippen LogP contribution < -0.4 is 16.0 Å². The van der Waals surface area contributed by atoms with Crippen molar-refractivity contribution in [1.29, 1.82) is 0 Å². The number of rotatable bonds is 8. The molecule has 3 amide bonds. The third-order valence-corrected chi connectivity index (χ3v) is 5.10. The first-order chi connectivity index (χ1) is 14.2. The summed E-state index contributed by atoms with van der Waals surface area (Å²) in [7, 11) is 0. The number of nitrogens with one attached hydrogen (secondary N) is 3. The molecule has 6 nitrogen and oxygen atoms in total. The quantitative estimate of drug-likeness (QED) is 0.585. The van der Waals surface area contributed by atoms with E-state index in [1.807, 2.05) is 27.7 Å². The normalized spacial score (nSPS) is 12.7. The van der Waals surface area contributed by atoms with Gasteiger partial charge in [-0.05, 0) is 43.5 Å². The standard InChI is InChI=1S/C23H28ClN3O3/c1-5-15(4)25-22(29)17-11-7-9-13-19(17)26-23(30)20(14(2)3)27-21(28)16-10-6-8-12-18(16)24/h6-15,20H,5H2,1-4H3,(H,25,29)(H,26,30)(H,27,28)/t15?,20-/m0/s1. The highest BCUT2D eigenvalue weighted by Gasteiger charge is 2.26. The van der Waals surface area contributed by atoms with Crippen LogP contribution in [-0.4, -0.2) is 29.8 Å². The van der Waals surface area contributed by atoms with Gasteiger partial charge in [-0.2, -0.15) is 0 Å². The van der Waals surface area contributed by atoms with Gasteiger partial charge in [0.25, 0.3) is 11.8 Å². The van der Waals surface area contributed by atoms with Crippen molar-refractivity contribution in [2.45, 2.75) is 46.2 Å². The molecular weight excluding hydrogens is 402 g/mol. The maximum absolute atomic E-state index is 13.0. The Labute approximate surface area is 182 Å². The first-order valence-electron chi connectivity index (χ1n) is 10.0. The van der Waals surface area contributed by atoms with Gasteiger partial charge in [-0.3, -0.25) is 14.4 Å². The lowest BCUT2D eigenvalue weighted by Gasteiger charge is -2.23. The molecule has 0 aliphatic rings. The second-order valence-corrected chi connectivity index (χ2v) is 7.90. The minimum Gasteiger partial charge on any atom is -0.350 e. The summed E-state index contributed by atoms with van der Waals surface area (Å²) in [6.45, 7) is 7.56. The Morgan fingerprint density at radius 2 is 1.43 bits per heavy atom. The van der Waals surface area contributed by atoms with Crippen LogP contribution in [0.15, 0.2) is 48.5 Å². The fraction of sp³-hybridized carbons (Fsp3) is 0.348. The van der Waals surface area contributed by atoms with E-state index in [1.165, 1.54) is 0 Å². The summed E-state index contributed by atoms with van der Waals surface area (Å²) in [6.07, 6.45) is 0.795. The highest BCUT2D eigenvalue weighted by Crippen LogP contribution is 2.18. The van der Waals surface area contributed by atoms with Gasteiger partial charge in [-0.1, -0.05) is 56.6 Å². The number of carbonyl (C=O) groups is 3. The van der Waals surface area contributed by atoms with Gasteiger partial charge in [-0.15, -0.1) is 0 Å². The highest BCUT2D eigenvalue weighted by molar-refractivity contribution is 6.33. The van der Waals surface area contributed by atoms with Crippen LogP contribution in [0.2, 0.25) is 5.02 Å². The number of anilines is 1. The van der Waals surface area contributed by atoms with E-state index >= 15 is 0 Å². The lowest BCUT2D eigenvalue weighted by Crippen LogP contribution is -2.47. The second-order valence-electron chi connectivity index (χ2n) is 7.49. The minimum atomic E-state index is -0.806. The lowest BCUT2D eigenvalue weighted by molar-refractivity contribution is -0.118. The molecule has 7 heteroatoms. The topological polar surface area (TPSA) is 87.3 Å². The van der Waals surface area contributed by atoms with Gasteiger partial charge in [0, 0.05) is 6.04 Å². The third kappa shape index (κ3) is 6.07. The van der Waals surface area contributed by atoms with Crippen LogP contribution in [0, 0.1) is 5.92 Å². The number of carbonyl (C=O) groups excluding carboxylic acids is 3. The largest absolute Gasteiger partial charge is 0.350 e. The average Bonchev–Trinajstić information content (AvgIpc) is 2.71. The molecule has 3 N–H and O–H groups in total. The number of halogens is 1. The summed E-state index contributed by atoms with van der Waals surface area (Å²) in [5.41, 5.74) is 1.05. The zero-order valence-corrected chi connectivity index (χ0v) is 18.4. The fourth-order valence-electron chi connectivity index (χ4n) is 2.80. The van der Waals surface area contributed by atoms with Crippen molar-refractivity contribution in [3.05, 3.63) is 64.7 Å². The number of para-hydroxylation sites is 1. The van der Waals surface area contributed by atoms with E-state index in [-0.39, 0.29) is 17.9 Å². The van der Waals surface area contributed by atoms with Crippen LogP contribution in [0.25, 0.3) is 0 Å². The number of amides is 3. The van der Waals surface area contributed by atoms with Crippen molar-refractivity contribution in [1.82, 2.24) is 10.6 Å². The number of hydrogen-bond donors (Lipinski definition) is 3. The molecule has 0 bridgehead atoms. The van der Waals surface area contributed by atoms with Crippen molar-refractivity contribution >= 4 is 35.0 Å². The van der Waals surface area contributed by atoms with Gasteiger partial charge < -0.3 is 16.0 Å². The van der Waals surface area contributed by atoms with Crippen LogP contribution in [0.5, 0.6) is 0 Å². The Bertz CT molecular complexity index is 914. The summed E-state index contributed by atoms with van der Waals surface area (Å²) in [5.74, 6) is -1.29. The smallest absolute Gasteiger partial charge is 0.253 e. The maximum atomic E-state index is 13.0. The van der Waals surface area contributed by atoms with E-state index in [4.69, 9.17) is 11.6 Å². The molecule has 0 fully saturated rings. The zero-order chi connectivity index (χ0) is 22.3. The molecule has 160 valence electrons. The SMILES string of the molecule is CCC(C)NC(=O)c1ccccc1NC(=O)[C@@H](NC(=O)c1ccccc1Cl)C(C)C. The Morgan fingerprint density at radius 1 is 0.867 bits per heavy atom. The maximum Gasteiger partial charge on any atom is 0.253 e. The van der Waals surface area contributed by atoms with Crippen molar-refractivity contribution in [3.8, 4) is 0 Å². The van der Waals surface area contributed by atoms with E-state index in [9.17, 15) is 14.4 Å². The number of benzene rings is 2. The van der Waals surface area contributed by atoms with Crippen LogP contribution in [-0.2, 0) is 4.79 Å². The molecule has 30 heavy (non-hydrogen) atoms. The van der Waals surface area contributed by atoms with Crippen LogP contribution >= 0.6 is 11.6 Å². The molecule has 0 aliphatic heterocycles. The summed E-state index contributed by atoms with van der Waals surface area (Å²) in [5, 5.41) is 8.74. The summed E-state index contributed by atoms with van der Waals surface area (Å²) < 4.78 is 0. The van der Waals surface area contributed by atoms with Crippen molar-refractivity contribution in [3.63, 3.8) is 0 Å². The lowest BCUT2D eigenvalue weighted by atomic mass is 10.0. The molecule has 0 aliphatic carbocycles. The van der Waals surface area contributed by atoms with Gasteiger partial charge in [0.2, 0.25) is 5.91 Å². The van der Waals surface area contributed by atoms with E-state index in [2.05, 4.69) is 16.0 Å². The third-order valence-electron chi connectivity index (χ3n) is 4.77. The monoisotopic (exact) mass is 429 g/mol. The molecule has 0 saturated heterocycles. The first kappa shape index (κ1) is 23.4. The predicted molar refractivity (Wildman–Crippen MR) is 120 cm³/mol. The van der Waals surface area contributed by atoms with E-state index in [0.717, 1.165) is 6.42 Å². The Balaban J connectivity index is 2.19. The molecule has 2 aromatic carbocycles. The summed E-state index contributed by atoms with van der Waals surface area (Å²) >= 11 is 6.09. The van der Waals surface area contributed by atoms with Crippen molar-refractivity contribution in [2.24, 2.45) is 5.92 Å². The molecule has 0 saturated carbocycles. The molecule has 0 heterocycles. The second kappa shape index (κ2) is 10.8. The molecule has 0 aromatic heterocycles. The van der Waals surface area contributed by atoms with Crippen LogP contribution in [0.1, 0.15) is 54.8 Å². The van der Waals surface area contributed by atoms with E-state index in [1.54, 1.807) is 48.5 Å². The Kier molecular flexibility index (Phi) is 8.42. The van der Waals surface area contributed by atoms with Gasteiger partial charge in [-0.25, -0.2) is 0 Å². The molecule has 1 unspecified atom stereocenters. The average molecular weight is 430 g/mol. The van der Waals surface area contributed by atoms with Crippen LogP contribution in [0.3, 0.4) is 0 Å². The fourth-order valence-corrected chi connectivity index (χ4v) is 3.03. The van der Waals surface area contributed by atoms with Gasteiger partial charge >= 0.3 is 0 Å². The van der Waals surface area contributed by atoms with Crippen LogP contribution in [0.4, 0.5) is 5.69 Å². The summed E-state index contributed by atoms with van der Waals surface area (Å²) in [4.78, 5) is 38.2. The van der Waals surface area contributed by atoms with Crippen molar-refractivity contribution < 1.29 is 14.4 Å². The van der Waals surface area contributed by atoms with Gasteiger partial charge in [0.1, 0.15) is 6.04 Å². The molecular formula is C23H28ClN3O3. The van der Waals surface area contributed by atoms with Crippen molar-refractivity contribution in [2.75, 3.05) is 5.32 Å². The minimum absolute atomic E-state index is 0.0135. The van der Waals surface area contributed by atoms with Gasteiger partial charge in [0.15, 0.2) is 0 Å². The molecule has 2 rings (SSSR count). The number of hydrogen-bond acceptors (Lipinski definition) is 3. The summed E-state index contributed by atoms with van der Waals surface area (Å²) in [6, 6.07) is 12.7. The molecule has 2 atom stereocenters. The Hall–Kier alpha value is -2.86. The predicted octanol–water partition coefficient (Wildman–Crippen LogP) is 4.26. The zero-order valence-electron chi connectivity index (χ0n) is 17.7. The van der Waals surface area contributed by atoms with E-state index < -0.39 is 17.9 Å². The van der Waals surface area contributed by atoms with Gasteiger partial charge in [0.05, 0.1) is 21.8 Å².